The molecule has 1 atom stereocenters. The van der Waals surface area contributed by atoms with Gasteiger partial charge in [-0.3, -0.25) is 4.79 Å². The van der Waals surface area contributed by atoms with Crippen molar-refractivity contribution >= 4 is 5.97 Å². The number of allylic oxidation sites excluding steroid dienone is 1. The zero-order valence-corrected chi connectivity index (χ0v) is 23.1. The van der Waals surface area contributed by atoms with Crippen molar-refractivity contribution in [1.29, 1.82) is 5.26 Å². The number of nitrogens with zero attached hydrogens (tertiary/aromatic N) is 1. The number of nitriles is 1. The number of rotatable bonds is 9. The maximum atomic E-state index is 13.5. The van der Waals surface area contributed by atoms with Crippen LogP contribution < -0.4 is 19.9 Å². The van der Waals surface area contributed by atoms with Gasteiger partial charge in [0.05, 0.1) is 12.5 Å². The fourth-order valence-corrected chi connectivity index (χ4v) is 4.97. The molecule has 4 aromatic carbocycles. The van der Waals surface area contributed by atoms with Gasteiger partial charge in [0.1, 0.15) is 34.8 Å². The van der Waals surface area contributed by atoms with Gasteiger partial charge >= 0.3 is 5.97 Å². The summed E-state index contributed by atoms with van der Waals surface area (Å²) in [5, 5.41) is 9.97. The molecule has 0 saturated heterocycles. The van der Waals surface area contributed by atoms with Gasteiger partial charge in [0.25, 0.3) is 0 Å². The van der Waals surface area contributed by atoms with Gasteiger partial charge in [-0.05, 0) is 47.2 Å². The van der Waals surface area contributed by atoms with E-state index in [1.165, 1.54) is 0 Å². The first kappa shape index (κ1) is 27.5. The highest BCUT2D eigenvalue weighted by molar-refractivity contribution is 5.84. The van der Waals surface area contributed by atoms with E-state index in [0.717, 1.165) is 34.4 Å². The third-order valence-electron chi connectivity index (χ3n) is 7.07. The van der Waals surface area contributed by atoms with Crippen LogP contribution in [-0.4, -0.2) is 12.6 Å². The molecule has 0 radical (unpaired) electrons. The molecule has 206 valence electrons. The smallest absolute Gasteiger partial charge is 0.323 e. The van der Waals surface area contributed by atoms with Crippen LogP contribution in [0.3, 0.4) is 0 Å². The molecule has 2 N–H and O–H groups in total. The molecular weight excluding hydrogens is 512 g/mol. The van der Waals surface area contributed by atoms with E-state index in [-0.39, 0.29) is 5.88 Å². The fourth-order valence-electron chi connectivity index (χ4n) is 4.97. The van der Waals surface area contributed by atoms with Crippen molar-refractivity contribution in [2.75, 3.05) is 6.61 Å². The molecule has 5 rings (SSSR count). The molecule has 0 aromatic heterocycles. The van der Waals surface area contributed by atoms with Gasteiger partial charge in [-0.2, -0.15) is 5.26 Å². The Bertz CT molecular complexity index is 1550. The number of benzene rings is 4. The van der Waals surface area contributed by atoms with Crippen LogP contribution in [0.2, 0.25) is 0 Å². The minimum absolute atomic E-state index is 0.0195. The van der Waals surface area contributed by atoms with E-state index >= 15 is 0 Å². The molecule has 6 heteroatoms. The molecule has 0 bridgehead atoms. The van der Waals surface area contributed by atoms with E-state index < -0.39 is 17.8 Å². The highest BCUT2D eigenvalue weighted by Crippen LogP contribution is 2.44. The van der Waals surface area contributed by atoms with Crippen LogP contribution in [0.25, 0.3) is 0 Å². The lowest BCUT2D eigenvalue weighted by atomic mass is 9.83. The number of hydrogen-bond donors (Lipinski definition) is 1. The van der Waals surface area contributed by atoms with Crippen molar-refractivity contribution in [2.24, 2.45) is 11.7 Å². The normalized spacial score (nSPS) is 14.3. The summed E-state index contributed by atoms with van der Waals surface area (Å²) >= 11 is 0. The van der Waals surface area contributed by atoms with Gasteiger partial charge in [-0.25, -0.2) is 0 Å². The molecule has 1 aliphatic heterocycles. The Hall–Kier alpha value is -5.02. The Labute approximate surface area is 240 Å². The second-order valence-corrected chi connectivity index (χ2v) is 10.4. The quantitative estimate of drug-likeness (QED) is 0.179. The van der Waals surface area contributed by atoms with Crippen molar-refractivity contribution < 1.29 is 19.0 Å². The molecular formula is C35H32N2O4. The van der Waals surface area contributed by atoms with Crippen LogP contribution in [-0.2, 0) is 4.79 Å². The summed E-state index contributed by atoms with van der Waals surface area (Å²) in [4.78, 5) is 13.5. The van der Waals surface area contributed by atoms with Crippen LogP contribution in [0.4, 0.5) is 0 Å². The predicted molar refractivity (Wildman–Crippen MR) is 157 cm³/mol. The minimum Gasteiger partial charge on any atom is -0.494 e. The first-order chi connectivity index (χ1) is 19.9. The van der Waals surface area contributed by atoms with Crippen LogP contribution in [0.1, 0.15) is 54.4 Å². The summed E-state index contributed by atoms with van der Waals surface area (Å²) in [5.41, 5.74) is 9.81. The number of carbonyl (C=O) groups is 1. The highest BCUT2D eigenvalue weighted by Gasteiger charge is 2.32. The van der Waals surface area contributed by atoms with Gasteiger partial charge in [-0.15, -0.1) is 0 Å². The Morgan fingerprint density at radius 3 is 2.22 bits per heavy atom. The molecule has 0 spiro atoms. The third-order valence-corrected chi connectivity index (χ3v) is 7.07. The largest absolute Gasteiger partial charge is 0.494 e. The van der Waals surface area contributed by atoms with Gasteiger partial charge in [0, 0.05) is 11.6 Å². The fraction of sp³-hybridized carbons (Fsp3) is 0.200. The van der Waals surface area contributed by atoms with Crippen molar-refractivity contribution in [3.8, 4) is 23.3 Å². The summed E-state index contributed by atoms with van der Waals surface area (Å²) in [6.45, 7) is 4.91. The van der Waals surface area contributed by atoms with E-state index in [1.54, 1.807) is 12.1 Å². The van der Waals surface area contributed by atoms with Gasteiger partial charge < -0.3 is 19.9 Å². The topological polar surface area (TPSA) is 94.6 Å². The van der Waals surface area contributed by atoms with Crippen LogP contribution in [0.15, 0.2) is 115 Å². The van der Waals surface area contributed by atoms with E-state index in [0.29, 0.717) is 29.6 Å². The monoisotopic (exact) mass is 544 g/mol. The number of ether oxygens (including phenoxy) is 3. The average Bonchev–Trinajstić information content (AvgIpc) is 2.97. The lowest BCUT2D eigenvalue weighted by molar-refractivity contribution is -0.135. The van der Waals surface area contributed by atoms with E-state index in [9.17, 15) is 10.1 Å². The standard InChI is InChI=1S/C35H32N2O4/c1-23(2)18-19-39-27-15-9-14-26(20-27)33-29-17-16-28(21-31(29)41-34(37)30(33)22-36)40-35(38)32(24-10-5-3-6-11-24)25-12-7-4-8-13-25/h3-17,20-21,23,32-33H,18-19,37H2,1-2H3. The Kier molecular flexibility index (Phi) is 8.36. The van der Waals surface area contributed by atoms with Crippen LogP contribution in [0.5, 0.6) is 17.2 Å². The number of carbonyl (C=O) groups excluding carboxylic acids is 1. The van der Waals surface area contributed by atoms with Gasteiger partial charge in [0.2, 0.25) is 5.88 Å². The summed E-state index contributed by atoms with van der Waals surface area (Å²) < 4.78 is 17.7. The zero-order valence-electron chi connectivity index (χ0n) is 23.1. The third kappa shape index (κ3) is 6.26. The molecule has 0 saturated carbocycles. The van der Waals surface area contributed by atoms with Gasteiger partial charge in [-0.1, -0.05) is 92.7 Å². The lowest BCUT2D eigenvalue weighted by Gasteiger charge is -2.27. The van der Waals surface area contributed by atoms with Crippen molar-refractivity contribution in [1.82, 2.24) is 0 Å². The van der Waals surface area contributed by atoms with E-state index in [1.807, 2.05) is 91.0 Å². The number of nitrogens with two attached hydrogens (primary N) is 1. The van der Waals surface area contributed by atoms with Crippen molar-refractivity contribution in [2.45, 2.75) is 32.1 Å². The zero-order chi connectivity index (χ0) is 28.8. The number of hydrogen-bond acceptors (Lipinski definition) is 6. The summed E-state index contributed by atoms with van der Waals surface area (Å²) in [6, 6.07) is 34.2. The van der Waals surface area contributed by atoms with Gasteiger partial charge in [0.15, 0.2) is 0 Å². The second-order valence-electron chi connectivity index (χ2n) is 10.4. The molecule has 1 heterocycles. The highest BCUT2D eigenvalue weighted by atomic mass is 16.5. The molecule has 0 aliphatic carbocycles. The van der Waals surface area contributed by atoms with Crippen molar-refractivity contribution in [3.05, 3.63) is 137 Å². The minimum atomic E-state index is -0.601. The van der Waals surface area contributed by atoms with E-state index in [4.69, 9.17) is 19.9 Å². The summed E-state index contributed by atoms with van der Waals surface area (Å²) in [6.07, 6.45) is 0.942. The van der Waals surface area contributed by atoms with Crippen LogP contribution >= 0.6 is 0 Å². The number of esters is 1. The molecule has 1 aliphatic rings. The first-order valence-corrected chi connectivity index (χ1v) is 13.7. The Balaban J connectivity index is 1.44. The Morgan fingerprint density at radius 2 is 1.59 bits per heavy atom. The molecule has 6 nitrogen and oxygen atoms in total. The lowest BCUT2D eigenvalue weighted by Crippen LogP contribution is -2.22. The molecule has 1 unspecified atom stereocenters. The molecule has 41 heavy (non-hydrogen) atoms. The summed E-state index contributed by atoms with van der Waals surface area (Å²) in [5.74, 6) is 0.563. The molecule has 0 amide bonds. The maximum Gasteiger partial charge on any atom is 0.323 e. The van der Waals surface area contributed by atoms with Crippen molar-refractivity contribution in [3.63, 3.8) is 0 Å². The van der Waals surface area contributed by atoms with E-state index in [2.05, 4.69) is 19.9 Å². The summed E-state index contributed by atoms with van der Waals surface area (Å²) in [7, 11) is 0. The Morgan fingerprint density at radius 1 is 0.902 bits per heavy atom. The average molecular weight is 545 g/mol. The first-order valence-electron chi connectivity index (χ1n) is 13.7. The van der Waals surface area contributed by atoms with Crippen LogP contribution in [0, 0.1) is 17.2 Å². The second kappa shape index (κ2) is 12.4. The number of fused-ring (bicyclic) bond motifs is 1. The molecule has 0 fully saturated rings. The maximum absolute atomic E-state index is 13.5. The molecule has 4 aromatic rings. The predicted octanol–water partition coefficient (Wildman–Crippen LogP) is 7.07. The SMILES string of the molecule is CC(C)CCOc1cccc(C2C(C#N)=C(N)Oc3cc(OC(=O)C(c4ccccc4)c4ccccc4)ccc32)c1.